The molecule has 1 aromatic rings. The minimum Gasteiger partial charge on any atom is -0.466 e. The van der Waals surface area contributed by atoms with Gasteiger partial charge in [0.25, 0.3) is 0 Å². The Morgan fingerprint density at radius 2 is 2.28 bits per heavy atom. The minimum absolute atomic E-state index is 0.131. The summed E-state index contributed by atoms with van der Waals surface area (Å²) in [6.07, 6.45) is 8.32. The molecule has 100 valence electrons. The van der Waals surface area contributed by atoms with Crippen molar-refractivity contribution in [2.75, 3.05) is 6.61 Å². The summed E-state index contributed by atoms with van der Waals surface area (Å²) in [6.45, 7) is 3.01. The first-order valence-electron chi connectivity index (χ1n) is 6.85. The van der Waals surface area contributed by atoms with Gasteiger partial charge in [-0.3, -0.25) is 9.48 Å². The van der Waals surface area contributed by atoms with Crippen LogP contribution in [-0.4, -0.2) is 27.6 Å². The van der Waals surface area contributed by atoms with E-state index in [4.69, 9.17) is 4.74 Å². The Kier molecular flexibility index (Phi) is 4.73. The van der Waals surface area contributed by atoms with Crippen molar-refractivity contribution >= 4 is 5.97 Å². The molecule has 1 aromatic heterocycles. The van der Waals surface area contributed by atoms with Crippen molar-refractivity contribution in [2.45, 2.75) is 57.9 Å². The maximum Gasteiger partial charge on any atom is 0.305 e. The van der Waals surface area contributed by atoms with E-state index in [1.165, 1.54) is 25.7 Å². The van der Waals surface area contributed by atoms with Crippen molar-refractivity contribution in [3.05, 3.63) is 11.9 Å². The number of carbonyl (C=O) groups is 1. The van der Waals surface area contributed by atoms with E-state index in [0.717, 1.165) is 18.7 Å². The lowest BCUT2D eigenvalue weighted by Gasteiger charge is -2.03. The summed E-state index contributed by atoms with van der Waals surface area (Å²) >= 11 is 0. The first kappa shape index (κ1) is 13.1. The van der Waals surface area contributed by atoms with Crippen LogP contribution in [0.2, 0.25) is 0 Å². The molecule has 0 aromatic carbocycles. The lowest BCUT2D eigenvalue weighted by atomic mass is 10.1. The molecular formula is C13H21N3O2. The van der Waals surface area contributed by atoms with Crippen LogP contribution in [-0.2, 0) is 16.1 Å². The fourth-order valence-corrected chi connectivity index (χ4v) is 2.45. The molecule has 1 aliphatic rings. The van der Waals surface area contributed by atoms with Crippen molar-refractivity contribution in [3.8, 4) is 0 Å². The van der Waals surface area contributed by atoms with Crippen LogP contribution in [0.5, 0.6) is 0 Å². The van der Waals surface area contributed by atoms with Gasteiger partial charge in [0, 0.05) is 25.1 Å². The van der Waals surface area contributed by atoms with Crippen LogP contribution in [0.4, 0.5) is 0 Å². The largest absolute Gasteiger partial charge is 0.466 e. The zero-order valence-corrected chi connectivity index (χ0v) is 11.0. The Labute approximate surface area is 108 Å². The molecule has 0 bridgehead atoms. The quantitative estimate of drug-likeness (QED) is 0.728. The highest BCUT2D eigenvalue weighted by Gasteiger charge is 2.19. The van der Waals surface area contributed by atoms with E-state index in [-0.39, 0.29) is 5.97 Å². The second kappa shape index (κ2) is 6.52. The number of esters is 1. The zero-order chi connectivity index (χ0) is 12.8. The summed E-state index contributed by atoms with van der Waals surface area (Å²) in [7, 11) is 0. The number of hydrogen-bond acceptors (Lipinski definition) is 4. The number of aromatic nitrogens is 3. The molecule has 1 aliphatic carbocycles. The third kappa shape index (κ3) is 3.55. The normalized spacial score (nSPS) is 16.1. The Bertz CT molecular complexity index is 383. The lowest BCUT2D eigenvalue weighted by Crippen LogP contribution is -2.06. The topological polar surface area (TPSA) is 57.0 Å². The summed E-state index contributed by atoms with van der Waals surface area (Å²) in [5, 5.41) is 8.35. The van der Waals surface area contributed by atoms with Crippen LogP contribution < -0.4 is 0 Å². The summed E-state index contributed by atoms with van der Waals surface area (Å²) in [4.78, 5) is 11.2. The van der Waals surface area contributed by atoms with E-state index in [9.17, 15) is 4.79 Å². The number of ether oxygens (including phenoxy) is 1. The Balaban J connectivity index is 1.74. The van der Waals surface area contributed by atoms with E-state index < -0.39 is 0 Å². The van der Waals surface area contributed by atoms with Crippen molar-refractivity contribution in [1.82, 2.24) is 15.0 Å². The molecule has 1 saturated carbocycles. The third-order valence-electron chi connectivity index (χ3n) is 3.40. The fraction of sp³-hybridized carbons (Fsp3) is 0.769. The molecule has 0 atom stereocenters. The molecule has 0 amide bonds. The van der Waals surface area contributed by atoms with Gasteiger partial charge in [0.15, 0.2) is 0 Å². The van der Waals surface area contributed by atoms with Gasteiger partial charge in [-0.25, -0.2) is 0 Å². The third-order valence-corrected chi connectivity index (χ3v) is 3.40. The molecule has 2 rings (SSSR count). The Morgan fingerprint density at radius 1 is 1.50 bits per heavy atom. The predicted octanol–water partition coefficient (Wildman–Crippen LogP) is 2.28. The standard InChI is InChI=1S/C13H21N3O2/c1-2-18-13(17)8-5-9-16-10-12(14-15-16)11-6-3-4-7-11/h10-11H,2-9H2,1H3. The van der Waals surface area contributed by atoms with Crippen LogP contribution >= 0.6 is 0 Å². The second-order valence-electron chi connectivity index (χ2n) is 4.80. The van der Waals surface area contributed by atoms with Crippen molar-refractivity contribution in [3.63, 3.8) is 0 Å². The molecule has 5 nitrogen and oxygen atoms in total. The molecule has 1 fully saturated rings. The molecule has 0 saturated heterocycles. The molecule has 0 unspecified atom stereocenters. The number of nitrogens with zero attached hydrogens (tertiary/aromatic N) is 3. The Morgan fingerprint density at radius 3 is 3.00 bits per heavy atom. The molecule has 5 heteroatoms. The lowest BCUT2D eigenvalue weighted by molar-refractivity contribution is -0.143. The SMILES string of the molecule is CCOC(=O)CCCn1cc(C2CCCC2)nn1. The molecule has 0 aliphatic heterocycles. The van der Waals surface area contributed by atoms with E-state index in [1.807, 2.05) is 17.8 Å². The van der Waals surface area contributed by atoms with Gasteiger partial charge in [0.1, 0.15) is 0 Å². The van der Waals surface area contributed by atoms with Crippen molar-refractivity contribution in [1.29, 1.82) is 0 Å². The number of aryl methyl sites for hydroxylation is 1. The molecule has 18 heavy (non-hydrogen) atoms. The van der Waals surface area contributed by atoms with Gasteiger partial charge in [-0.05, 0) is 26.2 Å². The second-order valence-corrected chi connectivity index (χ2v) is 4.80. The van der Waals surface area contributed by atoms with Crippen LogP contribution in [0, 0.1) is 0 Å². The predicted molar refractivity (Wildman–Crippen MR) is 67.1 cm³/mol. The summed E-state index contributed by atoms with van der Waals surface area (Å²) in [5.74, 6) is 0.470. The Hall–Kier alpha value is -1.39. The summed E-state index contributed by atoms with van der Waals surface area (Å²) in [6, 6.07) is 0. The van der Waals surface area contributed by atoms with Gasteiger partial charge in [0.2, 0.25) is 0 Å². The molecular weight excluding hydrogens is 230 g/mol. The average molecular weight is 251 g/mol. The van der Waals surface area contributed by atoms with Crippen LogP contribution in [0.25, 0.3) is 0 Å². The van der Waals surface area contributed by atoms with Gasteiger partial charge in [-0.15, -0.1) is 5.10 Å². The highest BCUT2D eigenvalue weighted by Crippen LogP contribution is 2.32. The van der Waals surface area contributed by atoms with Crippen molar-refractivity contribution < 1.29 is 9.53 Å². The monoisotopic (exact) mass is 251 g/mol. The van der Waals surface area contributed by atoms with Gasteiger partial charge >= 0.3 is 5.97 Å². The number of carbonyl (C=O) groups excluding carboxylic acids is 1. The van der Waals surface area contributed by atoms with Gasteiger partial charge in [-0.1, -0.05) is 18.1 Å². The maximum atomic E-state index is 11.2. The molecule has 0 spiro atoms. The van der Waals surface area contributed by atoms with E-state index in [1.54, 1.807) is 0 Å². The minimum atomic E-state index is -0.131. The van der Waals surface area contributed by atoms with Gasteiger partial charge < -0.3 is 4.74 Å². The smallest absolute Gasteiger partial charge is 0.305 e. The fourth-order valence-electron chi connectivity index (χ4n) is 2.45. The molecule has 0 N–H and O–H groups in total. The first-order chi connectivity index (χ1) is 8.79. The van der Waals surface area contributed by atoms with Crippen LogP contribution in [0.15, 0.2) is 6.20 Å². The highest BCUT2D eigenvalue weighted by atomic mass is 16.5. The van der Waals surface area contributed by atoms with E-state index in [2.05, 4.69) is 10.3 Å². The van der Waals surface area contributed by atoms with Crippen LogP contribution in [0.1, 0.15) is 57.1 Å². The van der Waals surface area contributed by atoms with E-state index in [0.29, 0.717) is 18.9 Å². The van der Waals surface area contributed by atoms with Gasteiger partial charge in [-0.2, -0.15) is 0 Å². The summed E-state index contributed by atoms with van der Waals surface area (Å²) < 4.78 is 6.72. The molecule has 0 radical (unpaired) electrons. The highest BCUT2D eigenvalue weighted by molar-refractivity contribution is 5.69. The van der Waals surface area contributed by atoms with Crippen molar-refractivity contribution in [2.24, 2.45) is 0 Å². The van der Waals surface area contributed by atoms with Crippen LogP contribution in [0.3, 0.4) is 0 Å². The van der Waals surface area contributed by atoms with E-state index >= 15 is 0 Å². The number of hydrogen-bond donors (Lipinski definition) is 0. The number of rotatable bonds is 6. The van der Waals surface area contributed by atoms with Gasteiger partial charge in [0.05, 0.1) is 12.3 Å². The maximum absolute atomic E-state index is 11.2. The summed E-state index contributed by atoms with van der Waals surface area (Å²) in [5.41, 5.74) is 1.11. The zero-order valence-electron chi connectivity index (χ0n) is 11.0. The average Bonchev–Trinajstić information content (AvgIpc) is 2.99. The first-order valence-corrected chi connectivity index (χ1v) is 6.85. The molecule has 1 heterocycles.